The number of esters is 4. The molecular formula is C30H26O8. The summed E-state index contributed by atoms with van der Waals surface area (Å²) in [5.41, 5.74) is 0.582. The summed E-state index contributed by atoms with van der Waals surface area (Å²) < 4.78 is 21.9. The second kappa shape index (κ2) is 11.0. The number of fused-ring (bicyclic) bond motifs is 3. The second-order valence-electron chi connectivity index (χ2n) is 8.72. The molecule has 0 aliphatic rings. The van der Waals surface area contributed by atoms with Crippen LogP contribution in [0, 0.1) is 0 Å². The maximum Gasteiger partial charge on any atom is 0.338 e. The molecule has 0 aromatic heterocycles. The third kappa shape index (κ3) is 5.70. The Morgan fingerprint density at radius 3 is 1.00 bits per heavy atom. The van der Waals surface area contributed by atoms with Gasteiger partial charge in [-0.2, -0.15) is 0 Å². The number of carbonyl (C=O) groups is 4. The first kappa shape index (κ1) is 27.6. The molecule has 3 rings (SSSR count). The lowest BCUT2D eigenvalue weighted by Crippen LogP contribution is -2.13. The topological polar surface area (TPSA) is 105 Å². The molecule has 0 radical (unpaired) electrons. The first-order valence-corrected chi connectivity index (χ1v) is 11.3. The van der Waals surface area contributed by atoms with E-state index in [2.05, 4.69) is 26.3 Å². The third-order valence-electron chi connectivity index (χ3n) is 5.22. The van der Waals surface area contributed by atoms with Crippen molar-refractivity contribution in [3.05, 3.63) is 85.0 Å². The zero-order chi connectivity index (χ0) is 28.3. The van der Waals surface area contributed by atoms with Crippen LogP contribution in [0.25, 0.3) is 21.5 Å². The fourth-order valence-corrected chi connectivity index (χ4v) is 3.23. The zero-order valence-corrected chi connectivity index (χ0v) is 21.6. The van der Waals surface area contributed by atoms with Crippen molar-refractivity contribution in [2.45, 2.75) is 27.7 Å². The van der Waals surface area contributed by atoms with E-state index < -0.39 is 23.9 Å². The number of rotatable bonds is 8. The van der Waals surface area contributed by atoms with Crippen LogP contribution in [0.1, 0.15) is 27.7 Å². The minimum Gasteiger partial charge on any atom is -0.419 e. The van der Waals surface area contributed by atoms with E-state index in [-0.39, 0.29) is 45.3 Å². The van der Waals surface area contributed by atoms with Gasteiger partial charge in [-0.05, 0) is 74.9 Å². The SMILES string of the molecule is C=C(C)C(=O)Oc1ccc2c(ccc3c(OC(=O)C(=C)C)c(OC(=O)C(=C)C)ccc32)c1OC(=O)C(=C)C. The van der Waals surface area contributed by atoms with Gasteiger partial charge in [-0.25, -0.2) is 19.2 Å². The molecule has 3 aromatic carbocycles. The average Bonchev–Trinajstić information content (AvgIpc) is 2.85. The third-order valence-corrected chi connectivity index (χ3v) is 5.22. The Hall–Kier alpha value is -4.98. The maximum absolute atomic E-state index is 12.4. The van der Waals surface area contributed by atoms with Gasteiger partial charge < -0.3 is 18.9 Å². The lowest BCUT2D eigenvalue weighted by Gasteiger charge is -2.17. The molecule has 0 aliphatic heterocycles. The highest BCUT2D eigenvalue weighted by atomic mass is 16.6. The van der Waals surface area contributed by atoms with Crippen LogP contribution in [0.2, 0.25) is 0 Å². The second-order valence-corrected chi connectivity index (χ2v) is 8.72. The molecule has 0 N–H and O–H groups in total. The van der Waals surface area contributed by atoms with Gasteiger partial charge in [-0.1, -0.05) is 26.3 Å². The van der Waals surface area contributed by atoms with Crippen LogP contribution in [0.4, 0.5) is 0 Å². The lowest BCUT2D eigenvalue weighted by molar-refractivity contribution is -0.132. The van der Waals surface area contributed by atoms with Gasteiger partial charge in [0.25, 0.3) is 0 Å². The van der Waals surface area contributed by atoms with Crippen molar-refractivity contribution >= 4 is 45.4 Å². The van der Waals surface area contributed by atoms with Crippen LogP contribution in [0.3, 0.4) is 0 Å². The molecule has 0 spiro atoms. The Morgan fingerprint density at radius 1 is 0.447 bits per heavy atom. The maximum atomic E-state index is 12.4. The van der Waals surface area contributed by atoms with E-state index in [1.54, 1.807) is 24.3 Å². The van der Waals surface area contributed by atoms with E-state index in [9.17, 15) is 19.2 Å². The fourth-order valence-electron chi connectivity index (χ4n) is 3.23. The highest BCUT2D eigenvalue weighted by molar-refractivity contribution is 6.14. The quantitative estimate of drug-likeness (QED) is 0.158. The van der Waals surface area contributed by atoms with Crippen molar-refractivity contribution in [1.29, 1.82) is 0 Å². The van der Waals surface area contributed by atoms with Gasteiger partial charge in [0, 0.05) is 33.1 Å². The molecule has 194 valence electrons. The normalized spacial score (nSPS) is 10.4. The molecule has 0 bridgehead atoms. The molecule has 0 amide bonds. The van der Waals surface area contributed by atoms with Gasteiger partial charge in [0.2, 0.25) is 0 Å². The fraction of sp³-hybridized carbons (Fsp3) is 0.133. The largest absolute Gasteiger partial charge is 0.419 e. The van der Waals surface area contributed by atoms with Gasteiger partial charge in [-0.15, -0.1) is 0 Å². The minimum absolute atomic E-state index is 0.000363. The Balaban J connectivity index is 2.32. The molecule has 0 fully saturated rings. The van der Waals surface area contributed by atoms with Crippen molar-refractivity contribution in [2.24, 2.45) is 0 Å². The molecule has 8 nitrogen and oxygen atoms in total. The van der Waals surface area contributed by atoms with E-state index in [1.807, 2.05) is 0 Å². The number of hydrogen-bond donors (Lipinski definition) is 0. The van der Waals surface area contributed by atoms with Crippen LogP contribution < -0.4 is 18.9 Å². The van der Waals surface area contributed by atoms with Crippen molar-refractivity contribution in [3.8, 4) is 23.0 Å². The summed E-state index contributed by atoms with van der Waals surface area (Å²) in [5, 5.41) is 1.96. The van der Waals surface area contributed by atoms with Gasteiger partial charge in [0.05, 0.1) is 0 Å². The molecule has 8 heteroatoms. The van der Waals surface area contributed by atoms with E-state index in [1.165, 1.54) is 39.8 Å². The van der Waals surface area contributed by atoms with Crippen LogP contribution in [0.15, 0.2) is 85.0 Å². The minimum atomic E-state index is -0.719. The molecular weight excluding hydrogens is 488 g/mol. The standard InChI is InChI=1S/C30H26O8/c1-15(2)27(31)35-23-13-11-19-20-12-14-24(36-28(32)16(3)4)26(38-30(34)18(7)8)22(20)10-9-21(19)25(23)37-29(33)17(5)6/h9-14H,1,3,5,7H2,2,4,6,8H3. The summed E-state index contributed by atoms with van der Waals surface area (Å²) in [4.78, 5) is 49.3. The molecule has 3 aromatic rings. The Morgan fingerprint density at radius 2 is 0.711 bits per heavy atom. The molecule has 0 saturated carbocycles. The van der Waals surface area contributed by atoms with Crippen molar-refractivity contribution in [1.82, 2.24) is 0 Å². The highest BCUT2D eigenvalue weighted by Crippen LogP contribution is 2.44. The lowest BCUT2D eigenvalue weighted by atomic mass is 9.99. The predicted octanol–water partition coefficient (Wildman–Crippen LogP) is 5.92. The Bertz CT molecular complexity index is 1470. The Kier molecular flexibility index (Phi) is 7.96. The van der Waals surface area contributed by atoms with Gasteiger partial charge in [0.1, 0.15) is 0 Å². The van der Waals surface area contributed by atoms with Crippen molar-refractivity contribution in [2.75, 3.05) is 0 Å². The van der Waals surface area contributed by atoms with E-state index in [0.29, 0.717) is 21.5 Å². The number of hydrogen-bond acceptors (Lipinski definition) is 8. The summed E-state index contributed by atoms with van der Waals surface area (Å²) in [6.45, 7) is 20.3. The van der Waals surface area contributed by atoms with Gasteiger partial charge >= 0.3 is 23.9 Å². The first-order chi connectivity index (χ1) is 17.8. The number of ether oxygens (including phenoxy) is 4. The summed E-state index contributed by atoms with van der Waals surface area (Å²) in [7, 11) is 0. The summed E-state index contributed by atoms with van der Waals surface area (Å²) in [5.74, 6) is -2.85. The average molecular weight is 515 g/mol. The molecule has 0 saturated heterocycles. The van der Waals surface area contributed by atoms with Gasteiger partial charge in [-0.3, -0.25) is 0 Å². The Labute approximate surface area is 219 Å². The molecule has 0 atom stereocenters. The van der Waals surface area contributed by atoms with E-state index >= 15 is 0 Å². The van der Waals surface area contributed by atoms with Crippen LogP contribution in [-0.4, -0.2) is 23.9 Å². The smallest absolute Gasteiger partial charge is 0.338 e. The van der Waals surface area contributed by atoms with E-state index in [0.717, 1.165) is 0 Å². The molecule has 38 heavy (non-hydrogen) atoms. The van der Waals surface area contributed by atoms with Crippen LogP contribution in [-0.2, 0) is 19.2 Å². The monoisotopic (exact) mass is 514 g/mol. The number of benzene rings is 3. The van der Waals surface area contributed by atoms with E-state index in [4.69, 9.17) is 18.9 Å². The predicted molar refractivity (Wildman–Crippen MR) is 143 cm³/mol. The summed E-state index contributed by atoms with van der Waals surface area (Å²) in [6.07, 6.45) is 0. The summed E-state index contributed by atoms with van der Waals surface area (Å²) >= 11 is 0. The van der Waals surface area contributed by atoms with Crippen molar-refractivity contribution < 1.29 is 38.1 Å². The van der Waals surface area contributed by atoms with Crippen molar-refractivity contribution in [3.63, 3.8) is 0 Å². The molecule has 0 unspecified atom stereocenters. The van der Waals surface area contributed by atoms with Crippen LogP contribution >= 0.6 is 0 Å². The van der Waals surface area contributed by atoms with Gasteiger partial charge in [0.15, 0.2) is 23.0 Å². The first-order valence-electron chi connectivity index (χ1n) is 11.3. The summed E-state index contributed by atoms with van der Waals surface area (Å²) in [6, 6.07) is 9.44. The van der Waals surface area contributed by atoms with Crippen LogP contribution in [0.5, 0.6) is 23.0 Å². The molecule has 0 aliphatic carbocycles. The highest BCUT2D eigenvalue weighted by Gasteiger charge is 2.22. The zero-order valence-electron chi connectivity index (χ0n) is 21.6. The number of carbonyl (C=O) groups excluding carboxylic acids is 4. The molecule has 0 heterocycles.